The fourth-order valence-corrected chi connectivity index (χ4v) is 1.93. The second-order valence-corrected chi connectivity index (χ2v) is 4.55. The van der Waals surface area contributed by atoms with Crippen molar-refractivity contribution in [3.8, 4) is 11.5 Å². The molecular formula is C16H14FN3O. The van der Waals surface area contributed by atoms with E-state index in [-0.39, 0.29) is 5.82 Å². The average Bonchev–Trinajstić information content (AvgIpc) is 2.99. The van der Waals surface area contributed by atoms with Crippen LogP contribution in [0.3, 0.4) is 0 Å². The van der Waals surface area contributed by atoms with Crippen LogP contribution in [0.1, 0.15) is 5.89 Å². The van der Waals surface area contributed by atoms with Gasteiger partial charge in [0.25, 0.3) is 0 Å². The van der Waals surface area contributed by atoms with Crippen LogP contribution in [0, 0.1) is 5.82 Å². The molecule has 0 atom stereocenters. The molecule has 0 saturated heterocycles. The molecule has 5 heteroatoms. The van der Waals surface area contributed by atoms with Gasteiger partial charge in [-0.15, -0.1) is 10.2 Å². The number of hydrogen-bond acceptors (Lipinski definition) is 4. The molecule has 0 aliphatic rings. The number of aromatic nitrogens is 2. The zero-order chi connectivity index (χ0) is 14.5. The van der Waals surface area contributed by atoms with Crippen molar-refractivity contribution < 1.29 is 8.81 Å². The molecule has 2 aromatic carbocycles. The third kappa shape index (κ3) is 3.45. The number of benzene rings is 2. The van der Waals surface area contributed by atoms with E-state index in [1.807, 2.05) is 30.3 Å². The molecule has 3 rings (SSSR count). The summed E-state index contributed by atoms with van der Waals surface area (Å²) in [6, 6.07) is 15.9. The predicted molar refractivity (Wildman–Crippen MR) is 78.3 cm³/mol. The number of anilines is 1. The largest absolute Gasteiger partial charge is 0.421 e. The molecule has 0 fully saturated rings. The molecule has 106 valence electrons. The molecule has 0 spiro atoms. The van der Waals surface area contributed by atoms with E-state index in [4.69, 9.17) is 4.42 Å². The monoisotopic (exact) mass is 283 g/mol. The third-order valence-electron chi connectivity index (χ3n) is 3.00. The van der Waals surface area contributed by atoms with Crippen molar-refractivity contribution in [2.45, 2.75) is 6.42 Å². The predicted octanol–water partition coefficient (Wildman–Crippen LogP) is 3.53. The SMILES string of the molecule is Fc1ccc(NCCc2nnc(-c3ccccc3)o2)cc1. The van der Waals surface area contributed by atoms with Gasteiger partial charge in [-0.05, 0) is 36.4 Å². The Balaban J connectivity index is 1.57. The Labute approximate surface area is 121 Å². The Morgan fingerprint density at radius 2 is 1.71 bits per heavy atom. The first-order valence-electron chi connectivity index (χ1n) is 6.68. The van der Waals surface area contributed by atoms with Crippen molar-refractivity contribution in [3.05, 3.63) is 66.3 Å². The van der Waals surface area contributed by atoms with Gasteiger partial charge in [0.1, 0.15) is 5.82 Å². The number of rotatable bonds is 5. The van der Waals surface area contributed by atoms with Crippen LogP contribution in [-0.4, -0.2) is 16.7 Å². The molecule has 1 N–H and O–H groups in total. The van der Waals surface area contributed by atoms with Gasteiger partial charge in [-0.1, -0.05) is 18.2 Å². The maximum atomic E-state index is 12.8. The smallest absolute Gasteiger partial charge is 0.247 e. The Hall–Kier alpha value is -2.69. The van der Waals surface area contributed by atoms with Gasteiger partial charge in [-0.25, -0.2) is 4.39 Å². The van der Waals surface area contributed by atoms with Crippen molar-refractivity contribution in [1.82, 2.24) is 10.2 Å². The first kappa shape index (κ1) is 13.3. The topological polar surface area (TPSA) is 51.0 Å². The normalized spacial score (nSPS) is 10.5. The standard InChI is InChI=1S/C16H14FN3O/c17-13-6-8-14(9-7-13)18-11-10-15-19-20-16(21-15)12-4-2-1-3-5-12/h1-9,18H,10-11H2. The lowest BCUT2D eigenvalue weighted by Crippen LogP contribution is -2.04. The quantitative estimate of drug-likeness (QED) is 0.778. The number of hydrogen-bond donors (Lipinski definition) is 1. The minimum Gasteiger partial charge on any atom is -0.421 e. The van der Waals surface area contributed by atoms with Crippen LogP contribution >= 0.6 is 0 Å². The minimum atomic E-state index is -0.245. The minimum absolute atomic E-state index is 0.245. The Bertz CT molecular complexity index is 695. The summed E-state index contributed by atoms with van der Waals surface area (Å²) in [5, 5.41) is 11.2. The third-order valence-corrected chi connectivity index (χ3v) is 3.00. The fraction of sp³-hybridized carbons (Fsp3) is 0.125. The zero-order valence-corrected chi connectivity index (χ0v) is 11.3. The van der Waals surface area contributed by atoms with Crippen LogP contribution in [-0.2, 0) is 6.42 Å². The molecule has 0 aliphatic carbocycles. The summed E-state index contributed by atoms with van der Waals surface area (Å²) in [5.41, 5.74) is 1.77. The summed E-state index contributed by atoms with van der Waals surface area (Å²) in [4.78, 5) is 0. The van der Waals surface area contributed by atoms with Gasteiger partial charge in [0, 0.05) is 24.2 Å². The van der Waals surface area contributed by atoms with Crippen LogP contribution in [0.4, 0.5) is 10.1 Å². The number of nitrogens with zero attached hydrogens (tertiary/aromatic N) is 2. The van der Waals surface area contributed by atoms with Gasteiger partial charge >= 0.3 is 0 Å². The average molecular weight is 283 g/mol. The van der Waals surface area contributed by atoms with Gasteiger partial charge in [0.05, 0.1) is 0 Å². The van der Waals surface area contributed by atoms with Crippen molar-refractivity contribution in [1.29, 1.82) is 0 Å². The van der Waals surface area contributed by atoms with Gasteiger partial charge in [0.2, 0.25) is 11.8 Å². The van der Waals surface area contributed by atoms with Crippen molar-refractivity contribution >= 4 is 5.69 Å². The van der Waals surface area contributed by atoms with E-state index in [9.17, 15) is 4.39 Å². The molecule has 0 aliphatic heterocycles. The van der Waals surface area contributed by atoms with E-state index < -0.39 is 0 Å². The van der Waals surface area contributed by atoms with Crippen molar-refractivity contribution in [2.75, 3.05) is 11.9 Å². The Morgan fingerprint density at radius 3 is 2.48 bits per heavy atom. The molecule has 21 heavy (non-hydrogen) atoms. The van der Waals surface area contributed by atoms with E-state index in [2.05, 4.69) is 15.5 Å². The molecule has 1 aromatic heterocycles. The molecule has 0 saturated carbocycles. The van der Waals surface area contributed by atoms with E-state index in [0.717, 1.165) is 11.3 Å². The number of halogens is 1. The molecule has 1 heterocycles. The van der Waals surface area contributed by atoms with Crippen LogP contribution in [0.15, 0.2) is 59.0 Å². The van der Waals surface area contributed by atoms with E-state index in [1.54, 1.807) is 12.1 Å². The highest BCUT2D eigenvalue weighted by Crippen LogP contribution is 2.17. The maximum absolute atomic E-state index is 12.8. The van der Waals surface area contributed by atoms with E-state index in [1.165, 1.54) is 12.1 Å². The summed E-state index contributed by atoms with van der Waals surface area (Å²) in [6.07, 6.45) is 0.608. The van der Waals surface area contributed by atoms with Gasteiger partial charge in [0.15, 0.2) is 0 Å². The summed E-state index contributed by atoms with van der Waals surface area (Å²) in [6.45, 7) is 0.641. The van der Waals surface area contributed by atoms with Gasteiger partial charge < -0.3 is 9.73 Å². The second-order valence-electron chi connectivity index (χ2n) is 4.55. The highest BCUT2D eigenvalue weighted by molar-refractivity contribution is 5.51. The van der Waals surface area contributed by atoms with Gasteiger partial charge in [-0.2, -0.15) is 0 Å². The molecule has 0 radical (unpaired) electrons. The van der Waals surface area contributed by atoms with Crippen molar-refractivity contribution in [3.63, 3.8) is 0 Å². The Kier molecular flexibility index (Phi) is 3.91. The van der Waals surface area contributed by atoms with Crippen LogP contribution in [0.25, 0.3) is 11.5 Å². The fourth-order valence-electron chi connectivity index (χ4n) is 1.93. The highest BCUT2D eigenvalue weighted by Gasteiger charge is 2.07. The molecule has 0 unspecified atom stereocenters. The lowest BCUT2D eigenvalue weighted by atomic mass is 10.2. The van der Waals surface area contributed by atoms with Gasteiger partial charge in [-0.3, -0.25) is 0 Å². The van der Waals surface area contributed by atoms with Crippen LogP contribution in [0.5, 0.6) is 0 Å². The Morgan fingerprint density at radius 1 is 0.952 bits per heavy atom. The molecule has 4 nitrogen and oxygen atoms in total. The number of nitrogens with one attached hydrogen (secondary N) is 1. The summed E-state index contributed by atoms with van der Waals surface area (Å²) in [5.74, 6) is 0.848. The lowest BCUT2D eigenvalue weighted by molar-refractivity contribution is 0.509. The van der Waals surface area contributed by atoms with Crippen LogP contribution in [0.2, 0.25) is 0 Å². The summed E-state index contributed by atoms with van der Waals surface area (Å²) >= 11 is 0. The van der Waals surface area contributed by atoms with Crippen LogP contribution < -0.4 is 5.32 Å². The molecule has 0 bridgehead atoms. The molecule has 3 aromatic rings. The first-order chi connectivity index (χ1) is 10.3. The lowest BCUT2D eigenvalue weighted by Gasteiger charge is -2.03. The summed E-state index contributed by atoms with van der Waals surface area (Å²) < 4.78 is 18.4. The van der Waals surface area contributed by atoms with E-state index in [0.29, 0.717) is 24.7 Å². The van der Waals surface area contributed by atoms with E-state index >= 15 is 0 Å². The molecular weight excluding hydrogens is 269 g/mol. The zero-order valence-electron chi connectivity index (χ0n) is 11.3. The molecule has 0 amide bonds. The second kappa shape index (κ2) is 6.17. The highest BCUT2D eigenvalue weighted by atomic mass is 19.1. The maximum Gasteiger partial charge on any atom is 0.247 e. The summed E-state index contributed by atoms with van der Waals surface area (Å²) in [7, 11) is 0. The first-order valence-corrected chi connectivity index (χ1v) is 6.68. The van der Waals surface area contributed by atoms with Crippen molar-refractivity contribution in [2.24, 2.45) is 0 Å².